The molecule has 0 bridgehead atoms. The molecule has 0 aromatic heterocycles. The molecule has 112 valence electrons. The Hall–Kier alpha value is -1.05. The predicted molar refractivity (Wildman–Crippen MR) is 82.4 cm³/mol. The second-order valence-electron chi connectivity index (χ2n) is 6.51. The summed E-state index contributed by atoms with van der Waals surface area (Å²) in [6, 6.07) is 0. The average Bonchev–Trinajstić information content (AvgIpc) is 2.95. The maximum Gasteiger partial charge on any atom is 0.334 e. The third kappa shape index (κ3) is 3.34. The van der Waals surface area contributed by atoms with Gasteiger partial charge in [0.1, 0.15) is 5.60 Å². The number of allylic oxidation sites excluding steroid dienone is 1. The molecule has 0 atom stereocenters. The number of hydrogen-bond donors (Lipinski definition) is 0. The number of ether oxygens (including phenoxy) is 1. The first-order valence-corrected chi connectivity index (χ1v) is 8.15. The third-order valence-electron chi connectivity index (χ3n) is 5.33. The Labute approximate surface area is 123 Å². The van der Waals surface area contributed by atoms with Crippen LogP contribution in [0.4, 0.5) is 0 Å². The zero-order valence-electron chi connectivity index (χ0n) is 12.8. The Kier molecular flexibility index (Phi) is 5.06. The lowest BCUT2D eigenvalue weighted by atomic mass is 9.79. The van der Waals surface area contributed by atoms with Gasteiger partial charge >= 0.3 is 5.97 Å². The number of hydrogen-bond acceptors (Lipinski definition) is 2. The van der Waals surface area contributed by atoms with Crippen LogP contribution in [0.25, 0.3) is 0 Å². The first-order chi connectivity index (χ1) is 9.60. The Morgan fingerprint density at radius 1 is 1.25 bits per heavy atom. The molecular formula is C18H28O2. The molecule has 0 aromatic rings. The number of carbonyl (C=O) groups is 1. The minimum atomic E-state index is -0.196. The number of carbonyl (C=O) groups excluding carboxylic acids is 1. The SMILES string of the molecule is C=CC1CCC(C(=C)C(=O)OC2(CC)CCCC2)CC1. The van der Waals surface area contributed by atoms with Gasteiger partial charge in [-0.25, -0.2) is 4.79 Å². The highest BCUT2D eigenvalue weighted by atomic mass is 16.6. The van der Waals surface area contributed by atoms with E-state index in [1.807, 2.05) is 6.08 Å². The fourth-order valence-electron chi connectivity index (χ4n) is 3.68. The minimum Gasteiger partial charge on any atom is -0.456 e. The molecule has 0 aliphatic heterocycles. The van der Waals surface area contributed by atoms with Gasteiger partial charge in [0.15, 0.2) is 0 Å². The smallest absolute Gasteiger partial charge is 0.334 e. The lowest BCUT2D eigenvalue weighted by molar-refractivity contribution is -0.155. The van der Waals surface area contributed by atoms with Crippen molar-refractivity contribution in [2.24, 2.45) is 11.8 Å². The van der Waals surface area contributed by atoms with E-state index < -0.39 is 0 Å². The lowest BCUT2D eigenvalue weighted by Gasteiger charge is -2.31. The molecular weight excluding hydrogens is 248 g/mol. The van der Waals surface area contributed by atoms with Crippen LogP contribution < -0.4 is 0 Å². The van der Waals surface area contributed by atoms with Crippen LogP contribution in [0.3, 0.4) is 0 Å². The van der Waals surface area contributed by atoms with Crippen molar-refractivity contribution in [1.82, 2.24) is 0 Å². The summed E-state index contributed by atoms with van der Waals surface area (Å²) in [5.74, 6) is 0.789. The zero-order chi connectivity index (χ0) is 14.6. The quantitative estimate of drug-likeness (QED) is 0.409. The zero-order valence-corrected chi connectivity index (χ0v) is 12.8. The monoisotopic (exact) mass is 276 g/mol. The maximum atomic E-state index is 12.4. The van der Waals surface area contributed by atoms with Crippen molar-refractivity contribution in [2.45, 2.75) is 70.3 Å². The van der Waals surface area contributed by atoms with Gasteiger partial charge in [0.25, 0.3) is 0 Å². The molecule has 2 aliphatic carbocycles. The summed E-state index contributed by atoms with van der Waals surface area (Å²) >= 11 is 0. The molecule has 20 heavy (non-hydrogen) atoms. The molecule has 2 nitrogen and oxygen atoms in total. The fraction of sp³-hybridized carbons (Fsp3) is 0.722. The topological polar surface area (TPSA) is 26.3 Å². The van der Waals surface area contributed by atoms with E-state index in [-0.39, 0.29) is 11.6 Å². The highest BCUT2D eigenvalue weighted by Gasteiger charge is 2.37. The van der Waals surface area contributed by atoms with E-state index in [0.717, 1.165) is 44.9 Å². The summed E-state index contributed by atoms with van der Waals surface area (Å²) in [7, 11) is 0. The van der Waals surface area contributed by atoms with Crippen molar-refractivity contribution in [3.63, 3.8) is 0 Å². The van der Waals surface area contributed by atoms with Crippen LogP contribution in [-0.2, 0) is 9.53 Å². The highest BCUT2D eigenvalue weighted by molar-refractivity contribution is 5.88. The molecule has 2 rings (SSSR count). The molecule has 2 fully saturated rings. The third-order valence-corrected chi connectivity index (χ3v) is 5.33. The van der Waals surface area contributed by atoms with Crippen LogP contribution in [0, 0.1) is 11.8 Å². The first-order valence-electron chi connectivity index (χ1n) is 8.15. The van der Waals surface area contributed by atoms with Crippen LogP contribution in [0.2, 0.25) is 0 Å². The molecule has 0 N–H and O–H groups in total. The number of rotatable bonds is 5. The van der Waals surface area contributed by atoms with Crippen LogP contribution in [0.15, 0.2) is 24.8 Å². The van der Waals surface area contributed by atoms with Gasteiger partial charge in [0.05, 0.1) is 0 Å². The first kappa shape index (κ1) is 15.3. The van der Waals surface area contributed by atoms with Gasteiger partial charge in [-0.1, -0.05) is 19.6 Å². The van der Waals surface area contributed by atoms with Crippen LogP contribution in [0.5, 0.6) is 0 Å². The minimum absolute atomic E-state index is 0.143. The van der Waals surface area contributed by atoms with Crippen LogP contribution in [-0.4, -0.2) is 11.6 Å². The van der Waals surface area contributed by atoms with Gasteiger partial charge in [0.2, 0.25) is 0 Å². The van der Waals surface area contributed by atoms with E-state index in [1.165, 1.54) is 12.8 Å². The molecule has 0 spiro atoms. The second kappa shape index (κ2) is 6.60. The normalized spacial score (nSPS) is 28.9. The number of esters is 1. The summed E-state index contributed by atoms with van der Waals surface area (Å²) in [6.45, 7) is 10.0. The molecule has 2 heteroatoms. The summed E-state index contributed by atoms with van der Waals surface area (Å²) in [6.07, 6.45) is 11.7. The molecule has 0 unspecified atom stereocenters. The average molecular weight is 276 g/mol. The van der Waals surface area contributed by atoms with E-state index in [1.54, 1.807) is 0 Å². The van der Waals surface area contributed by atoms with Crippen molar-refractivity contribution in [3.8, 4) is 0 Å². The van der Waals surface area contributed by atoms with Crippen LogP contribution in [0.1, 0.15) is 64.7 Å². The molecule has 0 radical (unpaired) electrons. The van der Waals surface area contributed by atoms with Crippen molar-refractivity contribution >= 4 is 5.97 Å². The fourth-order valence-corrected chi connectivity index (χ4v) is 3.68. The molecule has 0 aromatic carbocycles. The van der Waals surface area contributed by atoms with Crippen molar-refractivity contribution in [1.29, 1.82) is 0 Å². The van der Waals surface area contributed by atoms with Crippen molar-refractivity contribution < 1.29 is 9.53 Å². The molecule has 0 amide bonds. The summed E-state index contributed by atoms with van der Waals surface area (Å²) in [5, 5.41) is 0. The Bertz CT molecular complexity index is 369. The molecule has 2 saturated carbocycles. The van der Waals surface area contributed by atoms with E-state index in [9.17, 15) is 4.79 Å². The van der Waals surface area contributed by atoms with Crippen LogP contribution >= 0.6 is 0 Å². The van der Waals surface area contributed by atoms with Gasteiger partial charge in [-0.05, 0) is 69.6 Å². The highest BCUT2D eigenvalue weighted by Crippen LogP contribution is 2.38. The Morgan fingerprint density at radius 2 is 1.85 bits per heavy atom. The van der Waals surface area contributed by atoms with Gasteiger partial charge in [-0.2, -0.15) is 0 Å². The second-order valence-corrected chi connectivity index (χ2v) is 6.51. The predicted octanol–water partition coefficient (Wildman–Crippen LogP) is 4.80. The summed E-state index contributed by atoms with van der Waals surface area (Å²) in [4.78, 5) is 12.4. The van der Waals surface area contributed by atoms with E-state index in [0.29, 0.717) is 17.4 Å². The summed E-state index contributed by atoms with van der Waals surface area (Å²) < 4.78 is 5.86. The Morgan fingerprint density at radius 3 is 2.35 bits per heavy atom. The lowest BCUT2D eigenvalue weighted by Crippen LogP contribution is -2.33. The molecule has 0 saturated heterocycles. The van der Waals surface area contributed by atoms with Crippen molar-refractivity contribution in [2.75, 3.05) is 0 Å². The van der Waals surface area contributed by atoms with Gasteiger partial charge in [0, 0.05) is 5.57 Å². The Balaban J connectivity index is 1.89. The van der Waals surface area contributed by atoms with E-state index in [2.05, 4.69) is 20.1 Å². The van der Waals surface area contributed by atoms with E-state index in [4.69, 9.17) is 4.74 Å². The summed E-state index contributed by atoms with van der Waals surface area (Å²) in [5.41, 5.74) is 0.505. The van der Waals surface area contributed by atoms with Crippen molar-refractivity contribution in [3.05, 3.63) is 24.8 Å². The van der Waals surface area contributed by atoms with Gasteiger partial charge < -0.3 is 4.74 Å². The van der Waals surface area contributed by atoms with E-state index >= 15 is 0 Å². The van der Waals surface area contributed by atoms with Gasteiger partial charge in [-0.15, -0.1) is 6.58 Å². The maximum absolute atomic E-state index is 12.4. The van der Waals surface area contributed by atoms with Gasteiger partial charge in [-0.3, -0.25) is 0 Å². The standard InChI is InChI=1S/C18H28O2/c1-4-15-8-10-16(11-9-15)14(3)17(19)20-18(5-2)12-6-7-13-18/h4,15-16H,1,3,5-13H2,2H3. The molecule has 2 aliphatic rings. The molecule has 0 heterocycles. The largest absolute Gasteiger partial charge is 0.456 e.